The lowest BCUT2D eigenvalue weighted by molar-refractivity contribution is -0.157. The summed E-state index contributed by atoms with van der Waals surface area (Å²) in [5.41, 5.74) is -1.16. The fraction of sp³-hybridized carbons (Fsp3) is 0.708. The summed E-state index contributed by atoms with van der Waals surface area (Å²) in [7, 11) is 0. The van der Waals surface area contributed by atoms with Crippen molar-refractivity contribution >= 4 is 29.5 Å². The maximum Gasteiger partial charge on any atom is 0.506 e. The number of ether oxygens (including phenoxy) is 1. The van der Waals surface area contributed by atoms with Gasteiger partial charge in [0.2, 0.25) is 5.91 Å². The van der Waals surface area contributed by atoms with Crippen molar-refractivity contribution in [2.75, 3.05) is 31.1 Å². The number of anilines is 1. The van der Waals surface area contributed by atoms with E-state index in [2.05, 4.69) is 20.1 Å². The molecule has 33 heavy (non-hydrogen) atoms. The Labute approximate surface area is 199 Å². The number of amides is 1. The molecule has 4 saturated carbocycles. The number of hydrogen-bond donors (Lipinski definition) is 2. The zero-order valence-electron chi connectivity index (χ0n) is 19.3. The number of nitrogens with zero attached hydrogens (tertiary/aromatic N) is 3. The van der Waals surface area contributed by atoms with Crippen molar-refractivity contribution in [1.29, 1.82) is 0 Å². The maximum atomic E-state index is 13.5. The number of halogens is 1. The van der Waals surface area contributed by atoms with Gasteiger partial charge in [-0.1, -0.05) is 11.6 Å². The van der Waals surface area contributed by atoms with E-state index in [1.165, 1.54) is 0 Å². The van der Waals surface area contributed by atoms with Crippen LogP contribution in [0.1, 0.15) is 46.0 Å². The second-order valence-corrected chi connectivity index (χ2v) is 11.3. The number of pyridine rings is 1. The summed E-state index contributed by atoms with van der Waals surface area (Å²) in [5, 5.41) is 13.2. The van der Waals surface area contributed by atoms with E-state index >= 15 is 0 Å². The molecule has 1 aromatic heterocycles. The first-order chi connectivity index (χ1) is 15.6. The third-order valence-corrected chi connectivity index (χ3v) is 8.70. The van der Waals surface area contributed by atoms with Gasteiger partial charge in [-0.3, -0.25) is 9.69 Å². The van der Waals surface area contributed by atoms with Gasteiger partial charge in [-0.05, 0) is 75.8 Å². The Bertz CT molecular complexity index is 900. The molecule has 1 amide bonds. The molecule has 4 bridgehead atoms. The minimum Gasteiger partial charge on any atom is -0.450 e. The molecule has 2 N–H and O–H groups in total. The van der Waals surface area contributed by atoms with Crippen LogP contribution < -0.4 is 10.2 Å². The van der Waals surface area contributed by atoms with E-state index in [0.717, 1.165) is 64.1 Å². The maximum absolute atomic E-state index is 13.5. The number of nitrogens with one attached hydrogen (secondary N) is 1. The summed E-state index contributed by atoms with van der Waals surface area (Å²) >= 11 is 5.96. The van der Waals surface area contributed by atoms with E-state index in [1.54, 1.807) is 6.20 Å². The molecule has 1 aliphatic heterocycles. The molecule has 1 aromatic rings. The topological polar surface area (TPSA) is 95.0 Å². The Hall–Kier alpha value is -2.06. The number of rotatable bonds is 5. The highest BCUT2D eigenvalue weighted by molar-refractivity contribution is 6.30. The first-order valence-corrected chi connectivity index (χ1v) is 12.4. The van der Waals surface area contributed by atoms with Crippen LogP contribution in [0.25, 0.3) is 0 Å². The fourth-order valence-corrected chi connectivity index (χ4v) is 7.13. The first-order valence-electron chi connectivity index (χ1n) is 12.0. The van der Waals surface area contributed by atoms with Gasteiger partial charge in [0.05, 0.1) is 10.6 Å². The SMILES string of the molecule is CC(C)(C(=O)NC1C2CC3CC1CC(OC(=O)O)(C3)C2)N1CCN(c2ccc(Cl)cn2)CC1. The van der Waals surface area contributed by atoms with Crippen LogP contribution in [0.2, 0.25) is 5.02 Å². The van der Waals surface area contributed by atoms with Crippen molar-refractivity contribution in [3.05, 3.63) is 23.4 Å². The van der Waals surface area contributed by atoms with Crippen molar-refractivity contribution in [2.45, 2.75) is 63.1 Å². The zero-order chi connectivity index (χ0) is 23.4. The van der Waals surface area contributed by atoms with Crippen LogP contribution >= 0.6 is 11.6 Å². The fourth-order valence-electron chi connectivity index (χ4n) is 7.02. The monoisotopic (exact) mass is 476 g/mol. The number of carboxylic acid groups (broad SMARTS) is 1. The Balaban J connectivity index is 1.20. The Morgan fingerprint density at radius 3 is 2.39 bits per heavy atom. The highest BCUT2D eigenvalue weighted by Gasteiger charge is 2.58. The largest absolute Gasteiger partial charge is 0.506 e. The molecule has 2 heterocycles. The molecule has 8 nitrogen and oxygen atoms in total. The second kappa shape index (κ2) is 8.31. The lowest BCUT2D eigenvalue weighted by atomic mass is 9.52. The predicted molar refractivity (Wildman–Crippen MR) is 124 cm³/mol. The van der Waals surface area contributed by atoms with Crippen molar-refractivity contribution < 1.29 is 19.4 Å². The Morgan fingerprint density at radius 2 is 1.82 bits per heavy atom. The molecule has 5 fully saturated rings. The molecule has 0 radical (unpaired) electrons. The standard InChI is InChI=1S/C24H33ClN4O4/c1-23(2,29-7-5-28(6-8-29)19-4-3-18(25)14-26-19)21(30)27-20-16-9-15-10-17(20)13-24(11-15,12-16)33-22(31)32/h3-4,14-17,20H,5-13H2,1-2H3,(H,27,30)(H,31,32). The van der Waals surface area contributed by atoms with Gasteiger partial charge in [0.1, 0.15) is 11.4 Å². The summed E-state index contributed by atoms with van der Waals surface area (Å²) < 4.78 is 5.40. The van der Waals surface area contributed by atoms with E-state index in [-0.39, 0.29) is 11.9 Å². The predicted octanol–water partition coefficient (Wildman–Crippen LogP) is 3.39. The van der Waals surface area contributed by atoms with Crippen LogP contribution in [0.3, 0.4) is 0 Å². The van der Waals surface area contributed by atoms with E-state index in [9.17, 15) is 14.7 Å². The Morgan fingerprint density at radius 1 is 1.15 bits per heavy atom. The summed E-state index contributed by atoms with van der Waals surface area (Å²) in [6.45, 7) is 7.17. The quantitative estimate of drug-likeness (QED) is 0.629. The molecule has 2 unspecified atom stereocenters. The molecule has 0 spiro atoms. The highest BCUT2D eigenvalue weighted by atomic mass is 35.5. The van der Waals surface area contributed by atoms with Gasteiger partial charge in [0.15, 0.2) is 0 Å². The van der Waals surface area contributed by atoms with Crippen LogP contribution in [-0.2, 0) is 9.53 Å². The number of carbonyl (C=O) groups excluding carboxylic acids is 1. The summed E-state index contributed by atoms with van der Waals surface area (Å²) in [4.78, 5) is 33.6. The molecule has 5 aliphatic rings. The Kier molecular flexibility index (Phi) is 5.72. The van der Waals surface area contributed by atoms with Gasteiger partial charge in [-0.25, -0.2) is 9.78 Å². The van der Waals surface area contributed by atoms with Crippen LogP contribution in [0.15, 0.2) is 18.3 Å². The third-order valence-electron chi connectivity index (χ3n) is 8.48. The number of piperazine rings is 1. The molecular weight excluding hydrogens is 444 g/mol. The summed E-state index contributed by atoms with van der Waals surface area (Å²) in [6, 6.07) is 3.89. The van der Waals surface area contributed by atoms with Crippen LogP contribution in [0.4, 0.5) is 10.6 Å². The van der Waals surface area contributed by atoms with Crippen molar-refractivity contribution in [3.63, 3.8) is 0 Å². The van der Waals surface area contributed by atoms with Gasteiger partial charge in [0, 0.05) is 38.4 Å². The van der Waals surface area contributed by atoms with Crippen molar-refractivity contribution in [3.8, 4) is 0 Å². The normalized spacial score (nSPS) is 33.7. The van der Waals surface area contributed by atoms with E-state index in [0.29, 0.717) is 22.8 Å². The highest BCUT2D eigenvalue weighted by Crippen LogP contribution is 2.57. The van der Waals surface area contributed by atoms with E-state index in [1.807, 2.05) is 26.0 Å². The number of aromatic nitrogens is 1. The molecule has 4 aliphatic carbocycles. The van der Waals surface area contributed by atoms with Crippen LogP contribution in [-0.4, -0.2) is 70.4 Å². The van der Waals surface area contributed by atoms with Gasteiger partial charge < -0.3 is 20.1 Å². The minimum atomic E-state index is -1.17. The van der Waals surface area contributed by atoms with E-state index < -0.39 is 17.3 Å². The first kappa shape index (κ1) is 22.7. The number of carbonyl (C=O) groups is 2. The average Bonchev–Trinajstić information content (AvgIpc) is 2.75. The van der Waals surface area contributed by atoms with Crippen molar-refractivity contribution in [2.24, 2.45) is 17.8 Å². The number of hydrogen-bond acceptors (Lipinski definition) is 6. The summed E-state index contributed by atoms with van der Waals surface area (Å²) in [5.74, 6) is 2.07. The third kappa shape index (κ3) is 4.28. The van der Waals surface area contributed by atoms with Gasteiger partial charge in [0.25, 0.3) is 0 Å². The zero-order valence-corrected chi connectivity index (χ0v) is 20.1. The minimum absolute atomic E-state index is 0.0613. The molecule has 0 aromatic carbocycles. The van der Waals surface area contributed by atoms with Gasteiger partial charge >= 0.3 is 6.16 Å². The van der Waals surface area contributed by atoms with Crippen molar-refractivity contribution in [1.82, 2.24) is 15.2 Å². The average molecular weight is 477 g/mol. The molecule has 6 rings (SSSR count). The molecule has 2 atom stereocenters. The van der Waals surface area contributed by atoms with Crippen LogP contribution in [0.5, 0.6) is 0 Å². The lowest BCUT2D eigenvalue weighted by Gasteiger charge is -2.59. The summed E-state index contributed by atoms with van der Waals surface area (Å²) in [6.07, 6.45) is 4.89. The molecule has 180 valence electrons. The lowest BCUT2D eigenvalue weighted by Crippen LogP contribution is -2.66. The molecule has 9 heteroatoms. The van der Waals surface area contributed by atoms with Crippen LogP contribution in [0, 0.1) is 17.8 Å². The molecular formula is C24H33ClN4O4. The van der Waals surface area contributed by atoms with E-state index in [4.69, 9.17) is 16.3 Å². The van der Waals surface area contributed by atoms with Gasteiger partial charge in [-0.15, -0.1) is 0 Å². The second-order valence-electron chi connectivity index (χ2n) is 10.9. The smallest absolute Gasteiger partial charge is 0.450 e. The van der Waals surface area contributed by atoms with Gasteiger partial charge in [-0.2, -0.15) is 0 Å². The molecule has 1 saturated heterocycles.